The van der Waals surface area contributed by atoms with Crippen LogP contribution >= 0.6 is 0 Å². The van der Waals surface area contributed by atoms with Gasteiger partial charge in [0.05, 0.1) is 12.6 Å². The number of hydrogen-bond acceptors (Lipinski definition) is 5. The van der Waals surface area contributed by atoms with Crippen molar-refractivity contribution in [2.24, 2.45) is 0 Å². The summed E-state index contributed by atoms with van der Waals surface area (Å²) in [5.74, 6) is 0. The molecule has 2 rings (SSSR count). The van der Waals surface area contributed by atoms with Gasteiger partial charge in [0.15, 0.2) is 0 Å². The van der Waals surface area contributed by atoms with Gasteiger partial charge in [0.1, 0.15) is 0 Å². The maximum atomic E-state index is 9.88. The smallest absolute Gasteiger partial charge is 0.439 e. The number of hydrogen-bond donors (Lipinski definition) is 1. The fourth-order valence-electron chi connectivity index (χ4n) is 1.01. The number of carbonyl (C=O) groups excluding carboxylic acids is 2. The molecule has 5 nitrogen and oxygen atoms in total. The van der Waals surface area contributed by atoms with Gasteiger partial charge in [-0.15, -0.1) is 24.3 Å². The Morgan fingerprint density at radius 3 is 1.10 bits per heavy atom. The summed E-state index contributed by atoms with van der Waals surface area (Å²) in [5.41, 5.74) is 1.21. The summed E-state index contributed by atoms with van der Waals surface area (Å²) in [6.07, 6.45) is 3.55. The second-order valence-corrected chi connectivity index (χ2v) is 3.59. The first-order valence-corrected chi connectivity index (χ1v) is 6.28. The molecule has 2 aromatic rings. The van der Waals surface area contributed by atoms with Crippen molar-refractivity contribution in [3.63, 3.8) is 0 Å². The molecule has 0 bridgehead atoms. The second-order valence-electron chi connectivity index (χ2n) is 3.15. The van der Waals surface area contributed by atoms with Gasteiger partial charge < -0.3 is 22.6 Å². The minimum atomic E-state index is -2.86. The van der Waals surface area contributed by atoms with Crippen LogP contribution in [0.5, 0.6) is 0 Å². The molecule has 113 valence electrons. The van der Waals surface area contributed by atoms with Crippen molar-refractivity contribution in [1.29, 1.82) is 0 Å². The van der Waals surface area contributed by atoms with E-state index in [-0.39, 0.29) is 16.5 Å². The Labute approximate surface area is 134 Å². The van der Waals surface area contributed by atoms with E-state index in [0.717, 1.165) is 0 Å². The van der Waals surface area contributed by atoms with Gasteiger partial charge in [0.25, 0.3) is 0 Å². The Morgan fingerprint density at radius 2 is 0.952 bits per heavy atom. The van der Waals surface area contributed by atoms with E-state index in [1.54, 1.807) is 61.1 Å². The third kappa shape index (κ3) is 14.4. The predicted octanol–water partition coefficient (Wildman–Crippen LogP) is 2.06. The van der Waals surface area contributed by atoms with Crippen LogP contribution in [0.4, 0.5) is 0 Å². The minimum Gasteiger partial charge on any atom is -0.439 e. The summed E-state index contributed by atoms with van der Waals surface area (Å²) in [7, 11) is -2.86. The molecular formula is C14H11NiO5S. The maximum Gasteiger partial charge on any atom is 3.00 e. The van der Waals surface area contributed by atoms with Gasteiger partial charge in [-0.1, -0.05) is 12.1 Å². The van der Waals surface area contributed by atoms with Crippen molar-refractivity contribution in [3.8, 4) is 0 Å². The third-order valence-electron chi connectivity index (χ3n) is 1.78. The van der Waals surface area contributed by atoms with Gasteiger partial charge in [-0.3, -0.25) is 0 Å². The molecule has 0 amide bonds. The van der Waals surface area contributed by atoms with Crippen molar-refractivity contribution in [2.45, 2.75) is 0 Å². The average molecular weight is 350 g/mol. The first-order chi connectivity index (χ1) is 9.60. The van der Waals surface area contributed by atoms with E-state index in [4.69, 9.17) is 13.0 Å². The van der Waals surface area contributed by atoms with Crippen molar-refractivity contribution in [1.82, 2.24) is 0 Å². The molecule has 0 saturated heterocycles. The SMILES string of the molecule is O=[C-]c1ccccc1.O=[C-]c1ccccc1.O=[S-](=O)O.[Ni+3]. The van der Waals surface area contributed by atoms with Crippen LogP contribution in [0.15, 0.2) is 60.7 Å². The number of rotatable bonds is 2. The van der Waals surface area contributed by atoms with Gasteiger partial charge in [-0.25, -0.2) is 0 Å². The Hall–Kier alpha value is -1.82. The van der Waals surface area contributed by atoms with Crippen LogP contribution in [0.1, 0.15) is 11.1 Å². The molecule has 0 aromatic heterocycles. The van der Waals surface area contributed by atoms with E-state index < -0.39 is 11.0 Å². The summed E-state index contributed by atoms with van der Waals surface area (Å²) >= 11 is 0. The standard InChI is InChI=1S/2C7H5O.Ni.HO3S/c2*8-6-7-4-2-1-3-5-7;;1-4(2)3/h2*1-5H;;(H,1,2,3)/q2*-1;+3;-1. The molecule has 0 spiro atoms. The molecule has 0 atom stereocenters. The molecule has 21 heavy (non-hydrogen) atoms. The van der Waals surface area contributed by atoms with Gasteiger partial charge in [0.2, 0.25) is 0 Å². The van der Waals surface area contributed by atoms with Crippen LogP contribution < -0.4 is 0 Å². The van der Waals surface area contributed by atoms with Gasteiger partial charge in [-0.05, 0) is 0 Å². The Morgan fingerprint density at radius 1 is 0.714 bits per heavy atom. The van der Waals surface area contributed by atoms with Crippen LogP contribution in [0.25, 0.3) is 0 Å². The van der Waals surface area contributed by atoms with Gasteiger partial charge in [0, 0.05) is 11.0 Å². The molecule has 0 aliphatic rings. The first-order valence-electron chi connectivity index (χ1n) is 5.25. The zero-order chi connectivity index (χ0) is 15.2. The molecule has 0 unspecified atom stereocenters. The zero-order valence-corrected chi connectivity index (χ0v) is 12.4. The Balaban J connectivity index is 0. The molecule has 1 N–H and O–H groups in total. The summed E-state index contributed by atoms with van der Waals surface area (Å²) in [4.78, 5) is 19.8. The largest absolute Gasteiger partial charge is 3.00 e. The molecule has 1 radical (unpaired) electrons. The summed E-state index contributed by atoms with van der Waals surface area (Å²) in [5, 5.41) is 0. The normalized spacial score (nSPS) is 8.10. The third-order valence-corrected chi connectivity index (χ3v) is 1.78. The average Bonchev–Trinajstić information content (AvgIpc) is 2.49. The van der Waals surface area contributed by atoms with Crippen LogP contribution in [0.3, 0.4) is 0 Å². The Kier molecular flexibility index (Phi) is 14.9. The minimum absolute atomic E-state index is 0. The van der Waals surface area contributed by atoms with Crippen LogP contribution in [0, 0.1) is 0 Å². The maximum absolute atomic E-state index is 9.88. The molecule has 0 fully saturated rings. The summed E-state index contributed by atoms with van der Waals surface area (Å²) < 4.78 is 24.1. The van der Waals surface area contributed by atoms with Crippen LogP contribution in [0.2, 0.25) is 0 Å². The van der Waals surface area contributed by atoms with Crippen molar-refractivity contribution in [3.05, 3.63) is 71.8 Å². The van der Waals surface area contributed by atoms with E-state index >= 15 is 0 Å². The van der Waals surface area contributed by atoms with Crippen molar-refractivity contribution >= 4 is 23.6 Å². The first kappa shape index (κ1) is 21.5. The predicted molar refractivity (Wildman–Crippen MR) is 73.8 cm³/mol. The second kappa shape index (κ2) is 14.6. The van der Waals surface area contributed by atoms with E-state index in [0.29, 0.717) is 11.1 Å². The monoisotopic (exact) mass is 349 g/mol. The Bertz CT molecular complexity index is 519. The topological polar surface area (TPSA) is 88.5 Å². The molecule has 0 aliphatic carbocycles. The van der Waals surface area contributed by atoms with E-state index in [1.807, 2.05) is 12.1 Å². The fraction of sp³-hybridized carbons (Fsp3) is 0. The quantitative estimate of drug-likeness (QED) is 0.295. The summed E-state index contributed by atoms with van der Waals surface area (Å²) in [6.45, 7) is 0. The van der Waals surface area contributed by atoms with Gasteiger partial charge >= 0.3 is 16.5 Å². The van der Waals surface area contributed by atoms with E-state index in [9.17, 15) is 9.59 Å². The van der Waals surface area contributed by atoms with Crippen molar-refractivity contribution in [2.75, 3.05) is 0 Å². The van der Waals surface area contributed by atoms with E-state index in [1.165, 1.54) is 0 Å². The molecule has 0 aliphatic heterocycles. The molecule has 7 heteroatoms. The molecular weight excluding hydrogens is 339 g/mol. The molecule has 0 saturated carbocycles. The molecule has 0 heterocycles. The van der Waals surface area contributed by atoms with Crippen molar-refractivity contribution < 1.29 is 39.1 Å². The van der Waals surface area contributed by atoms with Crippen LogP contribution in [-0.2, 0) is 45.5 Å². The van der Waals surface area contributed by atoms with Gasteiger partial charge in [-0.2, -0.15) is 35.4 Å². The fourth-order valence-corrected chi connectivity index (χ4v) is 1.01. The number of benzene rings is 2. The van der Waals surface area contributed by atoms with Crippen LogP contribution in [-0.4, -0.2) is 17.1 Å². The zero-order valence-electron chi connectivity index (χ0n) is 10.6. The molecule has 2 aromatic carbocycles. The van der Waals surface area contributed by atoms with E-state index in [2.05, 4.69) is 0 Å². The summed E-state index contributed by atoms with van der Waals surface area (Å²) in [6, 6.07) is 17.8.